The number of halogens is 7. The summed E-state index contributed by atoms with van der Waals surface area (Å²) in [5.74, 6) is -3.53. The molecular weight excluding hydrogens is 639 g/mol. The molecule has 8 nitrogen and oxygen atoms in total. The summed E-state index contributed by atoms with van der Waals surface area (Å²) in [6, 6.07) is 5.13. The Morgan fingerprint density at radius 2 is 1.51 bits per heavy atom. The normalized spacial score (nSPS) is 27.4. The summed E-state index contributed by atoms with van der Waals surface area (Å²) in [5.41, 5.74) is -9.40. The molecule has 1 saturated heterocycles. The number of aryl methyl sites for hydroxylation is 1. The van der Waals surface area contributed by atoms with E-state index < -0.39 is 80.0 Å². The van der Waals surface area contributed by atoms with Gasteiger partial charge in [0.05, 0.1) is 16.9 Å². The van der Waals surface area contributed by atoms with E-state index in [2.05, 4.69) is 0 Å². The van der Waals surface area contributed by atoms with Gasteiger partial charge in [-0.2, -0.15) is 26.3 Å². The number of likely N-dealkylation sites (tertiary alicyclic amines) is 1. The molecule has 2 unspecified atom stereocenters. The zero-order valence-electron chi connectivity index (χ0n) is 23.6. The average molecular weight is 668 g/mol. The van der Waals surface area contributed by atoms with E-state index in [0.29, 0.717) is 11.6 Å². The largest absolute Gasteiger partial charge is 0.491 e. The molecule has 5 rings (SSSR count). The molecule has 0 radical (unpaired) electrons. The topological polar surface area (TPSA) is 121 Å². The Labute approximate surface area is 252 Å². The monoisotopic (exact) mass is 667 g/mol. The van der Waals surface area contributed by atoms with Gasteiger partial charge in [-0.25, -0.2) is 12.8 Å². The van der Waals surface area contributed by atoms with Crippen molar-refractivity contribution in [3.63, 3.8) is 0 Å². The number of fused-ring (bicyclic) bond motifs is 3. The van der Waals surface area contributed by atoms with Crippen LogP contribution in [-0.4, -0.2) is 72.6 Å². The van der Waals surface area contributed by atoms with Gasteiger partial charge in [-0.1, -0.05) is 29.8 Å². The Bertz CT molecular complexity index is 1600. The Morgan fingerprint density at radius 1 is 0.933 bits per heavy atom. The molecule has 2 fully saturated rings. The predicted molar refractivity (Wildman–Crippen MR) is 142 cm³/mol. The van der Waals surface area contributed by atoms with Gasteiger partial charge in [-0.3, -0.25) is 9.59 Å². The summed E-state index contributed by atoms with van der Waals surface area (Å²) in [6.45, 7) is 0.656. The fourth-order valence-electron chi connectivity index (χ4n) is 6.71. The summed E-state index contributed by atoms with van der Waals surface area (Å²) in [7, 11) is -4.60. The smallest absolute Gasteiger partial charge is 0.435 e. The van der Waals surface area contributed by atoms with Crippen molar-refractivity contribution in [1.82, 2.24) is 4.90 Å². The molecule has 2 aromatic carbocycles. The molecule has 1 saturated carbocycles. The number of carbonyl (C=O) groups excluding carboxylic acids is 1. The number of aliphatic carboxylic acids is 1. The van der Waals surface area contributed by atoms with Crippen molar-refractivity contribution in [3.05, 3.63) is 59.2 Å². The maximum atomic E-state index is 15.0. The van der Waals surface area contributed by atoms with Crippen LogP contribution in [0.5, 0.6) is 5.75 Å². The lowest BCUT2D eigenvalue weighted by molar-refractivity contribution is -0.348. The standard InChI is InChI=1S/C29H28F7NO7S/c1-16-2-5-19(6-3-16)45(42,43)26-12-13-37(24(40)25(41)10-8-17(9-11-25)23(38)39)22(26)15-44-21-14-18(4-7-20(21)26)27(30,28(31,32)33)29(34,35)36/h2-7,14,17,22,41H,8-13,15H2,1H3,(H,38,39). The highest BCUT2D eigenvalue weighted by atomic mass is 32.2. The number of nitrogens with zero attached hydrogens (tertiary/aromatic N) is 1. The molecule has 0 spiro atoms. The first-order valence-corrected chi connectivity index (χ1v) is 15.4. The number of carbonyl (C=O) groups is 2. The van der Waals surface area contributed by atoms with Gasteiger partial charge in [0.1, 0.15) is 22.7 Å². The number of carboxylic acids is 1. The molecule has 2 aromatic rings. The lowest BCUT2D eigenvalue weighted by Gasteiger charge is -2.44. The van der Waals surface area contributed by atoms with Crippen molar-refractivity contribution >= 4 is 21.7 Å². The van der Waals surface area contributed by atoms with Crippen LogP contribution in [0.1, 0.15) is 48.8 Å². The van der Waals surface area contributed by atoms with Crippen molar-refractivity contribution in [2.45, 2.75) is 78.3 Å². The van der Waals surface area contributed by atoms with Crippen LogP contribution in [0.25, 0.3) is 0 Å². The number of rotatable bonds is 5. The third kappa shape index (κ3) is 4.86. The predicted octanol–water partition coefficient (Wildman–Crippen LogP) is 4.95. The van der Waals surface area contributed by atoms with Gasteiger partial charge in [-0.15, -0.1) is 0 Å². The van der Waals surface area contributed by atoms with Gasteiger partial charge >= 0.3 is 24.0 Å². The van der Waals surface area contributed by atoms with Crippen molar-refractivity contribution in [2.24, 2.45) is 5.92 Å². The minimum atomic E-state index is -6.42. The van der Waals surface area contributed by atoms with Gasteiger partial charge in [-0.05, 0) is 57.2 Å². The first-order valence-electron chi connectivity index (χ1n) is 13.9. The molecule has 16 heteroatoms. The molecule has 45 heavy (non-hydrogen) atoms. The number of hydrogen-bond acceptors (Lipinski definition) is 6. The number of amides is 1. The average Bonchev–Trinajstić information content (AvgIpc) is 3.37. The highest BCUT2D eigenvalue weighted by Crippen LogP contribution is 2.57. The Balaban J connectivity index is 1.64. The van der Waals surface area contributed by atoms with E-state index in [1.165, 1.54) is 24.3 Å². The summed E-state index contributed by atoms with van der Waals surface area (Å²) < 4.78 is 128. The van der Waals surface area contributed by atoms with Gasteiger partial charge in [0.25, 0.3) is 5.91 Å². The third-order valence-electron chi connectivity index (χ3n) is 9.28. The minimum Gasteiger partial charge on any atom is -0.491 e. The third-order valence-corrected chi connectivity index (χ3v) is 11.8. The van der Waals surface area contributed by atoms with E-state index in [9.17, 15) is 59.0 Å². The van der Waals surface area contributed by atoms with Crippen molar-refractivity contribution in [1.29, 1.82) is 0 Å². The van der Waals surface area contributed by atoms with Crippen LogP contribution in [0.2, 0.25) is 0 Å². The fourth-order valence-corrected chi connectivity index (χ4v) is 9.00. The van der Waals surface area contributed by atoms with Crippen LogP contribution in [0.3, 0.4) is 0 Å². The van der Waals surface area contributed by atoms with Crippen LogP contribution < -0.4 is 4.74 Å². The Morgan fingerprint density at radius 3 is 2.04 bits per heavy atom. The first kappa shape index (κ1) is 33.0. The Kier molecular flexibility index (Phi) is 7.75. The summed E-state index contributed by atoms with van der Waals surface area (Å²) in [4.78, 5) is 26.0. The van der Waals surface area contributed by atoms with E-state index in [1.54, 1.807) is 6.92 Å². The molecule has 1 amide bonds. The lowest BCUT2D eigenvalue weighted by Crippen LogP contribution is -2.59. The second-order valence-electron chi connectivity index (χ2n) is 11.8. The summed E-state index contributed by atoms with van der Waals surface area (Å²) in [6.07, 6.45) is -13.8. The quantitative estimate of drug-likeness (QED) is 0.433. The number of hydrogen-bond donors (Lipinski definition) is 2. The zero-order valence-corrected chi connectivity index (χ0v) is 24.4. The van der Waals surface area contributed by atoms with Crippen LogP contribution in [0.15, 0.2) is 47.4 Å². The number of ether oxygens (including phenoxy) is 1. The van der Waals surface area contributed by atoms with E-state index >= 15 is 0 Å². The van der Waals surface area contributed by atoms with E-state index in [-0.39, 0.29) is 61.2 Å². The molecule has 1 aliphatic carbocycles. The molecule has 2 heterocycles. The molecule has 2 atom stereocenters. The number of benzene rings is 2. The number of carboxylic acid groups (broad SMARTS) is 1. The van der Waals surface area contributed by atoms with Crippen LogP contribution in [0.4, 0.5) is 30.7 Å². The molecule has 2 N–H and O–H groups in total. The second-order valence-corrected chi connectivity index (χ2v) is 14.0. The van der Waals surface area contributed by atoms with Gasteiger partial charge in [0.15, 0.2) is 9.84 Å². The van der Waals surface area contributed by atoms with E-state index in [4.69, 9.17) is 4.74 Å². The SMILES string of the molecule is Cc1ccc(S(=O)(=O)C23CCN(C(=O)C4(O)CCC(C(=O)O)CC4)C2COc2cc(C(F)(C(F)(F)F)C(F)(F)F)ccc23)cc1. The fraction of sp³-hybridized carbons (Fsp3) is 0.517. The Hall–Kier alpha value is -3.40. The minimum absolute atomic E-state index is 0.0333. The van der Waals surface area contributed by atoms with Crippen molar-refractivity contribution < 1.29 is 63.7 Å². The summed E-state index contributed by atoms with van der Waals surface area (Å²) in [5, 5.41) is 20.6. The number of sulfone groups is 1. The lowest BCUT2D eigenvalue weighted by atomic mass is 9.77. The molecule has 2 aliphatic heterocycles. The summed E-state index contributed by atoms with van der Waals surface area (Å²) >= 11 is 0. The van der Waals surface area contributed by atoms with Crippen LogP contribution in [-0.2, 0) is 29.8 Å². The second kappa shape index (κ2) is 10.6. The number of aliphatic hydroxyl groups is 1. The zero-order chi connectivity index (χ0) is 33.4. The highest BCUT2D eigenvalue weighted by molar-refractivity contribution is 7.92. The van der Waals surface area contributed by atoms with Gasteiger partial charge < -0.3 is 19.8 Å². The van der Waals surface area contributed by atoms with Crippen LogP contribution in [0, 0.1) is 12.8 Å². The molecule has 0 aromatic heterocycles. The maximum absolute atomic E-state index is 15.0. The van der Waals surface area contributed by atoms with Gasteiger partial charge in [0.2, 0.25) is 0 Å². The van der Waals surface area contributed by atoms with E-state index in [0.717, 1.165) is 4.90 Å². The maximum Gasteiger partial charge on any atom is 0.435 e. The van der Waals surface area contributed by atoms with Crippen molar-refractivity contribution in [2.75, 3.05) is 13.2 Å². The van der Waals surface area contributed by atoms with E-state index in [1.807, 2.05) is 0 Å². The molecule has 246 valence electrons. The molecular formula is C29H28F7NO7S. The van der Waals surface area contributed by atoms with Gasteiger partial charge in [0, 0.05) is 17.7 Å². The number of alkyl halides is 7. The highest BCUT2D eigenvalue weighted by Gasteiger charge is 2.74. The first-order chi connectivity index (χ1) is 20.7. The van der Waals surface area contributed by atoms with Crippen molar-refractivity contribution in [3.8, 4) is 5.75 Å². The molecule has 3 aliphatic rings. The molecule has 0 bridgehead atoms. The van der Waals surface area contributed by atoms with Crippen LogP contribution >= 0.6 is 0 Å².